The van der Waals surface area contributed by atoms with Gasteiger partial charge in [0.05, 0.1) is 0 Å². The number of unbranched alkanes of at least 4 members (excludes halogenated alkanes) is 3. The van der Waals surface area contributed by atoms with Gasteiger partial charge in [-0.3, -0.25) is 0 Å². The Balaban J connectivity index is -0.000000227. The fraction of sp³-hybridized carbons (Fsp3) is 1.00. The summed E-state index contributed by atoms with van der Waals surface area (Å²) in [5.41, 5.74) is 0. The van der Waals surface area contributed by atoms with Crippen molar-refractivity contribution in [3.05, 3.63) is 0 Å². The van der Waals surface area contributed by atoms with Crippen LogP contribution in [0.5, 0.6) is 0 Å². The molecule has 0 amide bonds. The summed E-state index contributed by atoms with van der Waals surface area (Å²) in [6.45, 7) is 13.5. The molecular formula is C18H44K2N4S2. The first-order chi connectivity index (χ1) is 11.9. The summed E-state index contributed by atoms with van der Waals surface area (Å²) >= 11 is 8.17. The molecular weight excluding hydrogens is 415 g/mol. The molecule has 0 aromatic carbocycles. The van der Waals surface area contributed by atoms with Crippen LogP contribution in [0.4, 0.5) is 0 Å². The van der Waals surface area contributed by atoms with Crippen LogP contribution in [0, 0.1) is 0 Å². The molecule has 0 fully saturated rings. The Kier molecular flexibility index (Phi) is 72.4. The fourth-order valence-electron chi connectivity index (χ4n) is 2.10. The second kappa shape index (κ2) is 46.8. The Labute approximate surface area is 261 Å². The van der Waals surface area contributed by atoms with E-state index in [0.717, 1.165) is 26.2 Å². The van der Waals surface area contributed by atoms with E-state index >= 15 is 0 Å². The molecule has 150 valence electrons. The smallest absolute Gasteiger partial charge is 0.796 e. The normalized spacial score (nSPS) is 9.00. The van der Waals surface area contributed by atoms with E-state index in [-0.39, 0.29) is 103 Å². The minimum atomic E-state index is 0. The molecule has 0 saturated heterocycles. The molecule has 0 heterocycles. The molecule has 0 bridgehead atoms. The standard InChI is InChI=1S/C16H38N4.2CH4S.2K/c1-3-17-11-5-7-13-19-15-9-10-16-20-14-8-6-12-18-4-2;2*1-2;;/h17-20H,3-16H2,1-2H3;2*2H,1H3;;/q;;;2*+1/p-2. The van der Waals surface area contributed by atoms with E-state index in [2.05, 4.69) is 60.4 Å². The largest absolute Gasteiger partial charge is 1.00 e. The maximum Gasteiger partial charge on any atom is 1.00 e. The van der Waals surface area contributed by atoms with E-state index in [9.17, 15) is 0 Å². The van der Waals surface area contributed by atoms with E-state index in [1.165, 1.54) is 64.7 Å². The van der Waals surface area contributed by atoms with Gasteiger partial charge < -0.3 is 46.5 Å². The molecule has 8 heteroatoms. The van der Waals surface area contributed by atoms with Crippen LogP contribution in [0.3, 0.4) is 0 Å². The molecule has 4 N–H and O–H groups in total. The summed E-state index contributed by atoms with van der Waals surface area (Å²) in [5, 5.41) is 13.8. The third kappa shape index (κ3) is 46.2. The van der Waals surface area contributed by atoms with Gasteiger partial charge in [-0.15, -0.1) is 0 Å². The van der Waals surface area contributed by atoms with E-state index in [4.69, 9.17) is 0 Å². The summed E-state index contributed by atoms with van der Waals surface area (Å²) in [6.07, 6.45) is 10.9. The molecule has 0 spiro atoms. The van der Waals surface area contributed by atoms with Crippen molar-refractivity contribution in [2.45, 2.75) is 52.4 Å². The Morgan fingerprint density at radius 3 is 0.808 bits per heavy atom. The van der Waals surface area contributed by atoms with Gasteiger partial charge in [0.2, 0.25) is 0 Å². The molecule has 0 radical (unpaired) electrons. The Morgan fingerprint density at radius 1 is 0.423 bits per heavy atom. The quantitative estimate of drug-likeness (QED) is 0.101. The van der Waals surface area contributed by atoms with Gasteiger partial charge in [0, 0.05) is 0 Å². The van der Waals surface area contributed by atoms with Crippen LogP contribution in [-0.2, 0) is 25.3 Å². The fourth-order valence-corrected chi connectivity index (χ4v) is 2.10. The van der Waals surface area contributed by atoms with Crippen molar-refractivity contribution in [1.82, 2.24) is 21.3 Å². The Morgan fingerprint density at radius 2 is 0.615 bits per heavy atom. The molecule has 0 aliphatic carbocycles. The Hall–Kier alpha value is 3.81. The van der Waals surface area contributed by atoms with Crippen LogP contribution >= 0.6 is 0 Å². The third-order valence-corrected chi connectivity index (χ3v) is 3.37. The van der Waals surface area contributed by atoms with Crippen LogP contribution in [0.2, 0.25) is 0 Å². The predicted octanol–water partition coefficient (Wildman–Crippen LogP) is -3.94. The molecule has 0 aromatic rings. The van der Waals surface area contributed by atoms with Gasteiger partial charge in [-0.05, 0) is 90.9 Å². The number of rotatable bonds is 17. The Bertz CT molecular complexity index is 167. The summed E-state index contributed by atoms with van der Waals surface area (Å²) in [4.78, 5) is 0. The average Bonchev–Trinajstić information content (AvgIpc) is 2.65. The van der Waals surface area contributed by atoms with Crippen molar-refractivity contribution in [2.75, 3.05) is 64.9 Å². The molecule has 0 aromatic heterocycles. The van der Waals surface area contributed by atoms with E-state index in [1.807, 2.05) is 0 Å². The minimum Gasteiger partial charge on any atom is -0.796 e. The topological polar surface area (TPSA) is 48.1 Å². The van der Waals surface area contributed by atoms with Gasteiger partial charge in [-0.25, -0.2) is 0 Å². The molecule has 0 aliphatic rings. The molecule has 4 nitrogen and oxygen atoms in total. The van der Waals surface area contributed by atoms with E-state index in [0.29, 0.717) is 0 Å². The minimum absolute atomic E-state index is 0. The van der Waals surface area contributed by atoms with E-state index in [1.54, 1.807) is 12.5 Å². The van der Waals surface area contributed by atoms with Crippen molar-refractivity contribution < 1.29 is 103 Å². The van der Waals surface area contributed by atoms with Crippen molar-refractivity contribution in [1.29, 1.82) is 0 Å². The summed E-state index contributed by atoms with van der Waals surface area (Å²) < 4.78 is 0. The molecule has 0 saturated carbocycles. The molecule has 0 atom stereocenters. The molecule has 0 unspecified atom stereocenters. The third-order valence-electron chi connectivity index (χ3n) is 3.37. The van der Waals surface area contributed by atoms with Crippen molar-refractivity contribution in [3.63, 3.8) is 0 Å². The van der Waals surface area contributed by atoms with Gasteiger partial charge in [0.15, 0.2) is 0 Å². The van der Waals surface area contributed by atoms with E-state index < -0.39 is 0 Å². The van der Waals surface area contributed by atoms with Gasteiger partial charge in [-0.2, -0.15) is 12.5 Å². The maximum absolute atomic E-state index is 4.08. The first kappa shape index (κ1) is 40.2. The van der Waals surface area contributed by atoms with Crippen LogP contribution in [0.15, 0.2) is 0 Å². The second-order valence-electron chi connectivity index (χ2n) is 5.33. The van der Waals surface area contributed by atoms with Gasteiger partial charge in [0.25, 0.3) is 0 Å². The molecule has 0 rings (SSSR count). The van der Waals surface area contributed by atoms with Crippen molar-refractivity contribution >= 4 is 25.3 Å². The van der Waals surface area contributed by atoms with Crippen molar-refractivity contribution in [2.24, 2.45) is 0 Å². The maximum atomic E-state index is 4.08. The predicted molar refractivity (Wildman–Crippen MR) is 117 cm³/mol. The zero-order valence-electron chi connectivity index (χ0n) is 18.7. The second-order valence-corrected chi connectivity index (χ2v) is 5.33. The first-order valence-electron chi connectivity index (χ1n) is 9.56. The van der Waals surface area contributed by atoms with Crippen LogP contribution < -0.4 is 124 Å². The monoisotopic (exact) mass is 458 g/mol. The summed E-state index contributed by atoms with van der Waals surface area (Å²) in [7, 11) is 0. The summed E-state index contributed by atoms with van der Waals surface area (Å²) in [5.74, 6) is 0. The number of hydrogen-bond donors (Lipinski definition) is 4. The van der Waals surface area contributed by atoms with Crippen LogP contribution in [0.25, 0.3) is 0 Å². The van der Waals surface area contributed by atoms with Crippen molar-refractivity contribution in [3.8, 4) is 0 Å². The molecule has 0 aliphatic heterocycles. The number of hydrogen-bond acceptors (Lipinski definition) is 6. The summed E-state index contributed by atoms with van der Waals surface area (Å²) in [6, 6.07) is 0. The van der Waals surface area contributed by atoms with Gasteiger partial charge in [0.1, 0.15) is 0 Å². The average molecular weight is 459 g/mol. The van der Waals surface area contributed by atoms with Crippen LogP contribution in [-0.4, -0.2) is 64.9 Å². The SMILES string of the molecule is CCNCCCCNCCCCNCCCCNCC.C[S-].C[S-].[K+].[K+]. The van der Waals surface area contributed by atoms with Crippen LogP contribution in [0.1, 0.15) is 52.4 Å². The first-order valence-corrected chi connectivity index (χ1v) is 11.2. The van der Waals surface area contributed by atoms with Gasteiger partial charge in [-0.1, -0.05) is 13.8 Å². The molecule has 26 heavy (non-hydrogen) atoms. The van der Waals surface area contributed by atoms with Gasteiger partial charge >= 0.3 is 103 Å². The zero-order valence-corrected chi connectivity index (χ0v) is 26.6. The number of nitrogens with one attached hydrogen (secondary N) is 4. The zero-order chi connectivity index (χ0) is 18.7.